The molecule has 1 saturated heterocycles. The number of carbonyl (C=O) groups is 1. The number of carbonyl (C=O) groups excluding carboxylic acids is 1. The van der Waals surface area contributed by atoms with Gasteiger partial charge in [0.15, 0.2) is 5.82 Å². The summed E-state index contributed by atoms with van der Waals surface area (Å²) in [7, 11) is 3.75. The highest BCUT2D eigenvalue weighted by molar-refractivity contribution is 6.30. The maximum absolute atomic E-state index is 12.5. The molecule has 1 aliphatic rings. The smallest absolute Gasteiger partial charge is 0.266 e. The van der Waals surface area contributed by atoms with E-state index in [4.69, 9.17) is 16.3 Å². The van der Waals surface area contributed by atoms with Crippen molar-refractivity contribution in [3.63, 3.8) is 0 Å². The van der Waals surface area contributed by atoms with Gasteiger partial charge in [-0.3, -0.25) is 14.6 Å². The lowest BCUT2D eigenvalue weighted by atomic mass is 10.2. The molecule has 0 bridgehead atoms. The van der Waals surface area contributed by atoms with Gasteiger partial charge in [0, 0.05) is 33.3 Å². The fraction of sp³-hybridized carbons (Fsp3) is 0.375. The fourth-order valence-electron chi connectivity index (χ4n) is 2.55. The average molecular weight is 364 g/mol. The maximum Gasteiger partial charge on any atom is 0.266 e. The molecule has 9 heteroatoms. The van der Waals surface area contributed by atoms with E-state index >= 15 is 0 Å². The third-order valence-electron chi connectivity index (χ3n) is 3.88. The molecule has 2 aromatic heterocycles. The Morgan fingerprint density at radius 2 is 2.24 bits per heavy atom. The highest BCUT2D eigenvalue weighted by Gasteiger charge is 2.29. The molecular formula is C16H18ClN5O3. The Labute approximate surface area is 149 Å². The van der Waals surface area contributed by atoms with Crippen LogP contribution in [0.5, 0.6) is 5.88 Å². The summed E-state index contributed by atoms with van der Waals surface area (Å²) in [5, 5.41) is -0.00591. The number of hydrogen-bond acceptors (Lipinski definition) is 6. The van der Waals surface area contributed by atoms with Gasteiger partial charge in [-0.25, -0.2) is 0 Å². The summed E-state index contributed by atoms with van der Waals surface area (Å²) in [5.74, 6) is 0.932. The lowest BCUT2D eigenvalue weighted by Crippen LogP contribution is -2.31. The molecule has 0 radical (unpaired) electrons. The first kappa shape index (κ1) is 17.2. The largest absolute Gasteiger partial charge is 0.471 e. The Morgan fingerprint density at radius 3 is 2.96 bits per heavy atom. The van der Waals surface area contributed by atoms with Crippen LogP contribution >= 0.6 is 11.6 Å². The first-order chi connectivity index (χ1) is 11.9. The number of hydrogen-bond donors (Lipinski definition) is 1. The van der Waals surface area contributed by atoms with Crippen LogP contribution < -0.4 is 15.2 Å². The minimum atomic E-state index is -0.416. The van der Waals surface area contributed by atoms with Crippen molar-refractivity contribution in [2.75, 3.05) is 32.1 Å². The first-order valence-corrected chi connectivity index (χ1v) is 8.15. The molecule has 1 atom stereocenters. The van der Waals surface area contributed by atoms with Crippen molar-refractivity contribution in [3.8, 4) is 5.88 Å². The monoisotopic (exact) mass is 363 g/mol. The number of aromatic nitrogens is 3. The highest BCUT2D eigenvalue weighted by atomic mass is 35.5. The third-order valence-corrected chi connectivity index (χ3v) is 4.16. The first-order valence-electron chi connectivity index (χ1n) is 7.77. The Morgan fingerprint density at radius 1 is 1.44 bits per heavy atom. The van der Waals surface area contributed by atoms with Crippen LogP contribution in [0, 0.1) is 0 Å². The van der Waals surface area contributed by atoms with E-state index in [1.54, 1.807) is 17.3 Å². The van der Waals surface area contributed by atoms with Crippen LogP contribution in [0.15, 0.2) is 29.5 Å². The minimum absolute atomic E-state index is 0.00591. The van der Waals surface area contributed by atoms with Crippen molar-refractivity contribution >= 4 is 23.3 Å². The van der Waals surface area contributed by atoms with Crippen LogP contribution in [-0.4, -0.2) is 59.0 Å². The molecule has 1 fully saturated rings. The number of aromatic amines is 1. The van der Waals surface area contributed by atoms with E-state index in [0.29, 0.717) is 36.8 Å². The summed E-state index contributed by atoms with van der Waals surface area (Å²) in [6, 6.07) is 1.38. The fourth-order valence-corrected chi connectivity index (χ4v) is 2.72. The molecule has 2 aromatic rings. The van der Waals surface area contributed by atoms with Crippen molar-refractivity contribution in [1.82, 2.24) is 19.9 Å². The van der Waals surface area contributed by atoms with Gasteiger partial charge in [0.25, 0.3) is 11.5 Å². The van der Waals surface area contributed by atoms with Crippen LogP contribution in [0.3, 0.4) is 0 Å². The maximum atomic E-state index is 12.5. The summed E-state index contributed by atoms with van der Waals surface area (Å²) >= 11 is 5.78. The van der Waals surface area contributed by atoms with Crippen molar-refractivity contribution in [3.05, 3.63) is 45.6 Å². The molecule has 1 amide bonds. The topological polar surface area (TPSA) is 91.4 Å². The summed E-state index contributed by atoms with van der Waals surface area (Å²) in [6.07, 6.45) is 5.11. The quantitative estimate of drug-likeness (QED) is 0.877. The molecule has 1 aliphatic heterocycles. The molecule has 3 rings (SSSR count). The van der Waals surface area contributed by atoms with Crippen LogP contribution in [0.1, 0.15) is 16.8 Å². The van der Waals surface area contributed by atoms with Gasteiger partial charge in [-0.2, -0.15) is 4.98 Å². The van der Waals surface area contributed by atoms with Crippen molar-refractivity contribution in [1.29, 1.82) is 0 Å². The molecule has 0 saturated carbocycles. The summed E-state index contributed by atoms with van der Waals surface area (Å²) < 4.78 is 5.85. The number of likely N-dealkylation sites (tertiary alicyclic amines) is 1. The number of rotatable bonds is 4. The number of nitrogens with one attached hydrogen (secondary N) is 1. The van der Waals surface area contributed by atoms with E-state index in [2.05, 4.69) is 15.0 Å². The normalized spacial score (nSPS) is 16.8. The Hall–Kier alpha value is -2.61. The molecular weight excluding hydrogens is 346 g/mol. The minimum Gasteiger partial charge on any atom is -0.471 e. The second-order valence-corrected chi connectivity index (χ2v) is 6.36. The number of pyridine rings is 1. The molecule has 3 heterocycles. The number of amides is 1. The lowest BCUT2D eigenvalue weighted by Gasteiger charge is -2.17. The zero-order valence-electron chi connectivity index (χ0n) is 13.9. The molecule has 0 aromatic carbocycles. The lowest BCUT2D eigenvalue weighted by molar-refractivity contribution is 0.0770. The average Bonchev–Trinajstić information content (AvgIpc) is 3.05. The zero-order chi connectivity index (χ0) is 18.0. The standard InChI is InChI=1S/C16H18ClN5O3/c1-21(2)13-7-18-8-14(20-13)25-11-3-4-22(9-11)16(24)10-5-12(17)15(23)19-6-10/h5-8,11H,3-4,9H2,1-2H3,(H,19,23)/t11-/m1/s1. The molecule has 8 nitrogen and oxygen atoms in total. The predicted octanol–water partition coefficient (Wildman–Crippen LogP) is 1.18. The van der Waals surface area contributed by atoms with Crippen LogP contribution in [0.4, 0.5) is 5.82 Å². The number of halogens is 1. The number of H-pyrrole nitrogens is 1. The second kappa shape index (κ2) is 7.10. The number of ether oxygens (including phenoxy) is 1. The zero-order valence-corrected chi connectivity index (χ0v) is 14.7. The van der Waals surface area contributed by atoms with E-state index in [1.165, 1.54) is 12.3 Å². The summed E-state index contributed by atoms with van der Waals surface area (Å²) in [6.45, 7) is 0.991. The van der Waals surface area contributed by atoms with E-state index in [-0.39, 0.29) is 17.0 Å². The Bertz CT molecular complexity index is 839. The molecule has 1 N–H and O–H groups in total. The van der Waals surface area contributed by atoms with Crippen molar-refractivity contribution in [2.24, 2.45) is 0 Å². The van der Waals surface area contributed by atoms with Gasteiger partial charge in [-0.1, -0.05) is 11.6 Å². The van der Waals surface area contributed by atoms with Crippen LogP contribution in [0.2, 0.25) is 5.02 Å². The molecule has 0 unspecified atom stereocenters. The van der Waals surface area contributed by atoms with E-state index in [0.717, 1.165) is 0 Å². The third kappa shape index (κ3) is 3.90. The predicted molar refractivity (Wildman–Crippen MR) is 93.4 cm³/mol. The number of anilines is 1. The second-order valence-electron chi connectivity index (χ2n) is 5.96. The highest BCUT2D eigenvalue weighted by Crippen LogP contribution is 2.20. The van der Waals surface area contributed by atoms with Crippen LogP contribution in [-0.2, 0) is 0 Å². The molecule has 132 valence electrons. The van der Waals surface area contributed by atoms with Crippen LogP contribution in [0.25, 0.3) is 0 Å². The van der Waals surface area contributed by atoms with Crippen molar-refractivity contribution < 1.29 is 9.53 Å². The van der Waals surface area contributed by atoms with Gasteiger partial charge in [-0.15, -0.1) is 0 Å². The van der Waals surface area contributed by atoms with Gasteiger partial charge in [-0.05, 0) is 6.07 Å². The van der Waals surface area contributed by atoms with E-state index in [1.807, 2.05) is 19.0 Å². The van der Waals surface area contributed by atoms with Gasteiger partial charge >= 0.3 is 0 Å². The van der Waals surface area contributed by atoms with Gasteiger partial charge in [0.05, 0.1) is 24.5 Å². The van der Waals surface area contributed by atoms with E-state index < -0.39 is 5.56 Å². The molecule has 0 spiro atoms. The van der Waals surface area contributed by atoms with E-state index in [9.17, 15) is 9.59 Å². The summed E-state index contributed by atoms with van der Waals surface area (Å²) in [4.78, 5) is 38.2. The SMILES string of the molecule is CN(C)c1cncc(O[C@@H]2CCN(C(=O)c3c[nH]c(=O)c(Cl)c3)C2)n1. The molecule has 0 aliphatic carbocycles. The Balaban J connectivity index is 1.65. The molecule has 25 heavy (non-hydrogen) atoms. The summed E-state index contributed by atoms with van der Waals surface area (Å²) in [5.41, 5.74) is -0.0696. The van der Waals surface area contributed by atoms with Gasteiger partial charge in [0.2, 0.25) is 5.88 Å². The van der Waals surface area contributed by atoms with Gasteiger partial charge in [0.1, 0.15) is 11.1 Å². The van der Waals surface area contributed by atoms with Gasteiger partial charge < -0.3 is 19.5 Å². The Kier molecular flexibility index (Phi) is 4.89. The van der Waals surface area contributed by atoms with Crippen molar-refractivity contribution in [2.45, 2.75) is 12.5 Å². The number of nitrogens with zero attached hydrogens (tertiary/aromatic N) is 4.